The number of hydrogen-bond acceptors (Lipinski definition) is 4. The predicted molar refractivity (Wildman–Crippen MR) is 61.4 cm³/mol. The molecule has 0 saturated carbocycles. The van der Waals surface area contributed by atoms with Gasteiger partial charge in [0.05, 0.1) is 12.7 Å². The molecular formula is C11H16N2O3. The Morgan fingerprint density at radius 1 is 1.56 bits per heavy atom. The van der Waals surface area contributed by atoms with Gasteiger partial charge < -0.3 is 20.9 Å². The first-order valence-corrected chi connectivity index (χ1v) is 5.01. The van der Waals surface area contributed by atoms with Crippen LogP contribution < -0.4 is 15.8 Å². The lowest BCUT2D eigenvalue weighted by Crippen LogP contribution is -2.25. The summed E-state index contributed by atoms with van der Waals surface area (Å²) in [4.78, 5) is 11.6. The quantitative estimate of drug-likeness (QED) is 0.499. The highest BCUT2D eigenvalue weighted by Crippen LogP contribution is 2.19. The van der Waals surface area contributed by atoms with Crippen LogP contribution in [0, 0.1) is 0 Å². The third-order valence-electron chi connectivity index (χ3n) is 2.12. The summed E-state index contributed by atoms with van der Waals surface area (Å²) in [5.41, 5.74) is 6.50. The molecular weight excluding hydrogens is 208 g/mol. The maximum Gasteiger partial charge on any atom is 0.253 e. The molecule has 1 aromatic rings. The second-order valence-corrected chi connectivity index (χ2v) is 3.29. The Morgan fingerprint density at radius 3 is 2.88 bits per heavy atom. The second-order valence-electron chi connectivity index (χ2n) is 3.29. The summed E-state index contributed by atoms with van der Waals surface area (Å²) in [6.07, 6.45) is 0.530. The van der Waals surface area contributed by atoms with Gasteiger partial charge in [0.1, 0.15) is 5.75 Å². The molecule has 0 atom stereocenters. The molecule has 1 aromatic carbocycles. The van der Waals surface area contributed by atoms with Gasteiger partial charge >= 0.3 is 0 Å². The minimum Gasteiger partial charge on any atom is -0.497 e. The van der Waals surface area contributed by atoms with Crippen molar-refractivity contribution in [2.24, 2.45) is 0 Å². The number of nitrogen functional groups attached to an aromatic ring is 1. The fourth-order valence-corrected chi connectivity index (χ4v) is 1.25. The van der Waals surface area contributed by atoms with E-state index in [1.54, 1.807) is 18.2 Å². The lowest BCUT2D eigenvalue weighted by Gasteiger charge is -2.08. The summed E-state index contributed by atoms with van der Waals surface area (Å²) in [5, 5.41) is 11.2. The number of nitrogens with two attached hydrogens (primary N) is 1. The number of carbonyl (C=O) groups is 1. The number of hydrogen-bond donors (Lipinski definition) is 3. The summed E-state index contributed by atoms with van der Waals surface area (Å²) >= 11 is 0. The normalized spacial score (nSPS) is 9.88. The van der Waals surface area contributed by atoms with E-state index in [0.29, 0.717) is 30.0 Å². The van der Waals surface area contributed by atoms with Gasteiger partial charge in [-0.3, -0.25) is 4.79 Å². The Balaban J connectivity index is 2.68. The summed E-state index contributed by atoms with van der Waals surface area (Å²) < 4.78 is 4.98. The topological polar surface area (TPSA) is 84.6 Å². The maximum atomic E-state index is 11.6. The molecule has 0 spiro atoms. The van der Waals surface area contributed by atoms with Gasteiger partial charge in [0.15, 0.2) is 0 Å². The van der Waals surface area contributed by atoms with E-state index < -0.39 is 0 Å². The molecule has 0 heterocycles. The smallest absolute Gasteiger partial charge is 0.253 e. The van der Waals surface area contributed by atoms with Crippen molar-refractivity contribution >= 4 is 11.6 Å². The van der Waals surface area contributed by atoms with E-state index >= 15 is 0 Å². The van der Waals surface area contributed by atoms with Crippen LogP contribution in [0.1, 0.15) is 16.8 Å². The van der Waals surface area contributed by atoms with Gasteiger partial charge in [-0.15, -0.1) is 0 Å². The van der Waals surface area contributed by atoms with Gasteiger partial charge in [0, 0.05) is 24.9 Å². The number of nitrogens with one attached hydrogen (secondary N) is 1. The monoisotopic (exact) mass is 224 g/mol. The van der Waals surface area contributed by atoms with Gasteiger partial charge in [-0.05, 0) is 18.6 Å². The van der Waals surface area contributed by atoms with E-state index in [9.17, 15) is 4.79 Å². The zero-order chi connectivity index (χ0) is 12.0. The van der Waals surface area contributed by atoms with Gasteiger partial charge in [-0.1, -0.05) is 0 Å². The largest absolute Gasteiger partial charge is 0.497 e. The molecule has 16 heavy (non-hydrogen) atoms. The van der Waals surface area contributed by atoms with Crippen LogP contribution in [0.25, 0.3) is 0 Å². The van der Waals surface area contributed by atoms with E-state index in [1.165, 1.54) is 7.11 Å². The molecule has 0 aliphatic heterocycles. The van der Waals surface area contributed by atoms with Crippen LogP contribution in [0.15, 0.2) is 18.2 Å². The van der Waals surface area contributed by atoms with E-state index in [4.69, 9.17) is 15.6 Å². The minimum atomic E-state index is -0.242. The van der Waals surface area contributed by atoms with Gasteiger partial charge in [0.25, 0.3) is 5.91 Å². The highest BCUT2D eigenvalue weighted by molar-refractivity contribution is 5.99. The Labute approximate surface area is 94.2 Å². The second kappa shape index (κ2) is 5.97. The van der Waals surface area contributed by atoms with Crippen molar-refractivity contribution < 1.29 is 14.6 Å². The summed E-state index contributed by atoms with van der Waals surface area (Å²) in [6, 6.07) is 4.89. The Bertz CT molecular complexity index is 366. The van der Waals surface area contributed by atoms with Crippen LogP contribution in [0.4, 0.5) is 5.69 Å². The minimum absolute atomic E-state index is 0.0539. The number of amides is 1. The Kier molecular flexibility index (Phi) is 4.60. The maximum absolute atomic E-state index is 11.6. The van der Waals surface area contributed by atoms with E-state index in [1.807, 2.05) is 0 Å². The van der Waals surface area contributed by atoms with Crippen LogP contribution in [0.5, 0.6) is 5.75 Å². The van der Waals surface area contributed by atoms with Crippen molar-refractivity contribution in [3.63, 3.8) is 0 Å². The zero-order valence-electron chi connectivity index (χ0n) is 9.19. The van der Waals surface area contributed by atoms with E-state index in [-0.39, 0.29) is 12.5 Å². The lowest BCUT2D eigenvalue weighted by atomic mass is 10.1. The van der Waals surface area contributed by atoms with Crippen LogP contribution in [0.2, 0.25) is 0 Å². The number of benzene rings is 1. The van der Waals surface area contributed by atoms with Crippen molar-refractivity contribution in [2.45, 2.75) is 6.42 Å². The third-order valence-corrected chi connectivity index (χ3v) is 2.12. The molecule has 0 aliphatic rings. The fraction of sp³-hybridized carbons (Fsp3) is 0.364. The number of carbonyl (C=O) groups excluding carboxylic acids is 1. The van der Waals surface area contributed by atoms with Crippen molar-refractivity contribution in [1.29, 1.82) is 0 Å². The molecule has 5 heteroatoms. The first kappa shape index (κ1) is 12.3. The predicted octanol–water partition coefficient (Wildman–Crippen LogP) is 0.390. The van der Waals surface area contributed by atoms with Crippen LogP contribution >= 0.6 is 0 Å². The first-order valence-electron chi connectivity index (χ1n) is 5.01. The Hall–Kier alpha value is -1.75. The molecule has 0 unspecified atom stereocenters. The lowest BCUT2D eigenvalue weighted by molar-refractivity contribution is 0.0952. The highest BCUT2D eigenvalue weighted by Gasteiger charge is 2.09. The number of anilines is 1. The first-order chi connectivity index (χ1) is 7.69. The van der Waals surface area contributed by atoms with Gasteiger partial charge in [-0.25, -0.2) is 0 Å². The molecule has 1 rings (SSSR count). The van der Waals surface area contributed by atoms with Crippen molar-refractivity contribution in [1.82, 2.24) is 5.32 Å². The summed E-state index contributed by atoms with van der Waals surface area (Å²) in [5.74, 6) is 0.373. The molecule has 1 amide bonds. The zero-order valence-corrected chi connectivity index (χ0v) is 9.19. The molecule has 0 aromatic heterocycles. The van der Waals surface area contributed by atoms with Crippen LogP contribution in [0.3, 0.4) is 0 Å². The number of methoxy groups -OCH3 is 1. The third kappa shape index (κ3) is 3.13. The van der Waals surface area contributed by atoms with Crippen molar-refractivity contribution in [3.8, 4) is 5.75 Å². The molecule has 0 radical (unpaired) electrons. The average molecular weight is 224 g/mol. The number of aliphatic hydroxyl groups excluding tert-OH is 1. The van der Waals surface area contributed by atoms with E-state index in [2.05, 4.69) is 5.32 Å². The molecule has 88 valence electrons. The van der Waals surface area contributed by atoms with Gasteiger partial charge in [0.2, 0.25) is 0 Å². The van der Waals surface area contributed by atoms with Crippen molar-refractivity contribution in [3.05, 3.63) is 23.8 Å². The molecule has 0 aliphatic carbocycles. The Morgan fingerprint density at radius 2 is 2.31 bits per heavy atom. The molecule has 0 fully saturated rings. The molecule has 0 saturated heterocycles. The standard InChI is InChI=1S/C11H16N2O3/c1-16-8-3-4-9(10(12)7-8)11(15)13-5-2-6-14/h3-4,7,14H,2,5-6,12H2,1H3,(H,13,15). The molecule has 0 bridgehead atoms. The summed E-state index contributed by atoms with van der Waals surface area (Å²) in [7, 11) is 1.54. The number of rotatable bonds is 5. The van der Waals surface area contributed by atoms with Crippen LogP contribution in [-0.4, -0.2) is 31.3 Å². The number of ether oxygens (including phenoxy) is 1. The molecule has 5 nitrogen and oxygen atoms in total. The van der Waals surface area contributed by atoms with Crippen LogP contribution in [-0.2, 0) is 0 Å². The fourth-order valence-electron chi connectivity index (χ4n) is 1.25. The van der Waals surface area contributed by atoms with Crippen molar-refractivity contribution in [2.75, 3.05) is 26.0 Å². The SMILES string of the molecule is COc1ccc(C(=O)NCCCO)c(N)c1. The number of aliphatic hydroxyl groups is 1. The highest BCUT2D eigenvalue weighted by atomic mass is 16.5. The summed E-state index contributed by atoms with van der Waals surface area (Å²) in [6.45, 7) is 0.485. The molecule has 4 N–H and O–H groups in total. The van der Waals surface area contributed by atoms with Gasteiger partial charge in [-0.2, -0.15) is 0 Å². The average Bonchev–Trinajstić information content (AvgIpc) is 2.29. The van der Waals surface area contributed by atoms with E-state index in [0.717, 1.165) is 0 Å².